The summed E-state index contributed by atoms with van der Waals surface area (Å²) < 4.78 is 5.53. The molecule has 0 bridgehead atoms. The molecule has 1 fully saturated rings. The topological polar surface area (TPSA) is 68.3 Å². The Balaban J connectivity index is 1.75. The van der Waals surface area contributed by atoms with Crippen LogP contribution in [0.25, 0.3) is 0 Å². The van der Waals surface area contributed by atoms with Crippen molar-refractivity contribution in [3.05, 3.63) is 64.9 Å². The fraction of sp³-hybridized carbons (Fsp3) is 0.350. The van der Waals surface area contributed by atoms with Crippen molar-refractivity contribution in [3.8, 4) is 0 Å². The van der Waals surface area contributed by atoms with E-state index in [-0.39, 0.29) is 22.7 Å². The zero-order chi connectivity index (χ0) is 18.4. The van der Waals surface area contributed by atoms with Gasteiger partial charge < -0.3 is 10.1 Å². The Hall–Kier alpha value is -2.40. The highest BCUT2D eigenvalue weighted by molar-refractivity contribution is 6.29. The van der Waals surface area contributed by atoms with E-state index in [2.05, 4.69) is 10.3 Å². The maximum Gasteiger partial charge on any atom is 0.340 e. The molecule has 1 aromatic heterocycles. The quantitative estimate of drug-likeness (QED) is 0.634. The largest absolute Gasteiger partial charge is 0.444 e. The zero-order valence-corrected chi connectivity index (χ0v) is 15.1. The predicted octanol–water partition coefficient (Wildman–Crippen LogP) is 4.08. The van der Waals surface area contributed by atoms with E-state index in [0.29, 0.717) is 5.56 Å². The van der Waals surface area contributed by atoms with Crippen LogP contribution in [0.15, 0.2) is 48.7 Å². The van der Waals surface area contributed by atoms with Crippen LogP contribution in [0.4, 0.5) is 0 Å². The van der Waals surface area contributed by atoms with Gasteiger partial charge in [0.15, 0.2) is 0 Å². The molecule has 6 heteroatoms. The highest BCUT2D eigenvalue weighted by Gasteiger charge is 2.28. The number of ether oxygens (including phenoxy) is 1. The lowest BCUT2D eigenvalue weighted by Crippen LogP contribution is -2.40. The fourth-order valence-electron chi connectivity index (χ4n) is 3.10. The van der Waals surface area contributed by atoms with Gasteiger partial charge in [0.1, 0.15) is 5.15 Å². The third kappa shape index (κ3) is 4.82. The maximum atomic E-state index is 12.8. The first-order valence-electron chi connectivity index (χ1n) is 8.81. The maximum absolute atomic E-state index is 12.8. The molecule has 0 aliphatic heterocycles. The van der Waals surface area contributed by atoms with E-state index in [1.165, 1.54) is 24.8 Å². The molecule has 0 unspecified atom stereocenters. The van der Waals surface area contributed by atoms with Crippen molar-refractivity contribution in [2.45, 2.75) is 44.2 Å². The van der Waals surface area contributed by atoms with Gasteiger partial charge in [-0.05, 0) is 25.0 Å². The Morgan fingerprint density at radius 3 is 2.46 bits per heavy atom. The second-order valence-electron chi connectivity index (χ2n) is 6.41. The number of amides is 1. The number of carbonyl (C=O) groups excluding carboxylic acids is 2. The summed E-state index contributed by atoms with van der Waals surface area (Å²) in [5.41, 5.74) is 0.886. The molecule has 26 heavy (non-hydrogen) atoms. The molecular formula is C20H21ClN2O3. The van der Waals surface area contributed by atoms with Crippen molar-refractivity contribution in [2.75, 3.05) is 0 Å². The Morgan fingerprint density at radius 1 is 1.08 bits per heavy atom. The third-order valence-electron chi connectivity index (χ3n) is 4.48. The Kier molecular flexibility index (Phi) is 6.23. The molecule has 0 saturated heterocycles. The molecule has 2 aromatic rings. The number of hydrogen-bond acceptors (Lipinski definition) is 4. The minimum Gasteiger partial charge on any atom is -0.444 e. The highest BCUT2D eigenvalue weighted by Crippen LogP contribution is 2.22. The molecule has 136 valence electrons. The van der Waals surface area contributed by atoms with Crippen LogP contribution in [0.1, 0.15) is 54.1 Å². The normalized spacial score (nSPS) is 15.9. The molecule has 1 atom stereocenters. The first-order valence-corrected chi connectivity index (χ1v) is 9.19. The number of nitrogens with zero attached hydrogens (tertiary/aromatic N) is 1. The van der Waals surface area contributed by atoms with Gasteiger partial charge in [-0.1, -0.05) is 61.2 Å². The van der Waals surface area contributed by atoms with E-state index in [1.807, 2.05) is 18.2 Å². The number of carbonyl (C=O) groups is 2. The van der Waals surface area contributed by atoms with Gasteiger partial charge in [0.25, 0.3) is 5.91 Å². The summed E-state index contributed by atoms with van der Waals surface area (Å²) in [4.78, 5) is 29.1. The van der Waals surface area contributed by atoms with E-state index in [4.69, 9.17) is 16.3 Å². The Morgan fingerprint density at radius 2 is 1.81 bits per heavy atom. The Bertz CT molecular complexity index is 743. The van der Waals surface area contributed by atoms with Gasteiger partial charge >= 0.3 is 5.97 Å². The van der Waals surface area contributed by atoms with Crippen LogP contribution in [0, 0.1) is 0 Å². The minimum absolute atomic E-state index is 0.137. The lowest BCUT2D eigenvalue weighted by Gasteiger charge is -2.25. The minimum atomic E-state index is -0.999. The molecule has 0 spiro atoms. The monoisotopic (exact) mass is 372 g/mol. The summed E-state index contributed by atoms with van der Waals surface area (Å²) in [6.45, 7) is 0. The van der Waals surface area contributed by atoms with Crippen LogP contribution in [0.3, 0.4) is 0 Å². The average molecular weight is 373 g/mol. The molecule has 1 aliphatic carbocycles. The van der Waals surface area contributed by atoms with Gasteiger partial charge in [0.2, 0.25) is 6.10 Å². The second-order valence-corrected chi connectivity index (χ2v) is 6.80. The van der Waals surface area contributed by atoms with Crippen LogP contribution in [-0.4, -0.2) is 22.9 Å². The molecule has 1 aromatic carbocycles. The highest BCUT2D eigenvalue weighted by atomic mass is 35.5. The first kappa shape index (κ1) is 18.4. The van der Waals surface area contributed by atoms with Crippen molar-refractivity contribution in [2.24, 2.45) is 0 Å². The number of rotatable bonds is 5. The summed E-state index contributed by atoms with van der Waals surface area (Å²) in [6, 6.07) is 12.2. The summed E-state index contributed by atoms with van der Waals surface area (Å²) >= 11 is 5.75. The van der Waals surface area contributed by atoms with Crippen molar-refractivity contribution >= 4 is 23.5 Å². The number of hydrogen-bond donors (Lipinski definition) is 1. The summed E-state index contributed by atoms with van der Waals surface area (Å²) in [6.07, 6.45) is 5.68. The van der Waals surface area contributed by atoms with Gasteiger partial charge in [-0.2, -0.15) is 0 Å². The molecule has 1 aliphatic rings. The Labute approximate surface area is 157 Å². The lowest BCUT2D eigenvalue weighted by molar-refractivity contribution is -0.131. The van der Waals surface area contributed by atoms with Crippen LogP contribution in [0.5, 0.6) is 0 Å². The first-order chi connectivity index (χ1) is 12.6. The van der Waals surface area contributed by atoms with E-state index < -0.39 is 12.1 Å². The van der Waals surface area contributed by atoms with Crippen LogP contribution in [-0.2, 0) is 9.53 Å². The summed E-state index contributed by atoms with van der Waals surface area (Å²) in [5, 5.41) is 3.32. The van der Waals surface area contributed by atoms with Crippen molar-refractivity contribution in [1.29, 1.82) is 0 Å². The number of aromatic nitrogens is 1. The van der Waals surface area contributed by atoms with Crippen molar-refractivity contribution in [1.82, 2.24) is 10.3 Å². The summed E-state index contributed by atoms with van der Waals surface area (Å²) in [5.74, 6) is -0.903. The number of halogens is 1. The standard InChI is InChI=1S/C20H21ClN2O3/c21-17-12-11-15(13-22-17)20(25)26-18(14-7-3-1-4-8-14)19(24)23-16-9-5-2-6-10-16/h1,3-4,7-8,11-13,16,18H,2,5-6,9-10H2,(H,23,24)/t18-/m0/s1. The molecule has 0 radical (unpaired) electrons. The molecular weight excluding hydrogens is 352 g/mol. The van der Waals surface area contributed by atoms with Crippen molar-refractivity contribution < 1.29 is 14.3 Å². The van der Waals surface area contributed by atoms with Gasteiger partial charge in [-0.3, -0.25) is 4.79 Å². The molecule has 1 saturated carbocycles. The number of pyridine rings is 1. The van der Waals surface area contributed by atoms with E-state index in [9.17, 15) is 9.59 Å². The van der Waals surface area contributed by atoms with Gasteiger partial charge in [-0.25, -0.2) is 9.78 Å². The number of nitrogens with one attached hydrogen (secondary N) is 1. The third-order valence-corrected chi connectivity index (χ3v) is 4.70. The van der Waals surface area contributed by atoms with E-state index >= 15 is 0 Å². The van der Waals surface area contributed by atoms with Gasteiger partial charge in [0.05, 0.1) is 5.56 Å². The second kappa shape index (κ2) is 8.81. The van der Waals surface area contributed by atoms with Crippen LogP contribution >= 0.6 is 11.6 Å². The molecule has 5 nitrogen and oxygen atoms in total. The van der Waals surface area contributed by atoms with E-state index in [0.717, 1.165) is 25.7 Å². The van der Waals surface area contributed by atoms with Gasteiger partial charge in [-0.15, -0.1) is 0 Å². The predicted molar refractivity (Wildman–Crippen MR) is 98.9 cm³/mol. The zero-order valence-electron chi connectivity index (χ0n) is 14.4. The average Bonchev–Trinajstić information content (AvgIpc) is 2.68. The smallest absolute Gasteiger partial charge is 0.340 e. The fourth-order valence-corrected chi connectivity index (χ4v) is 3.21. The van der Waals surface area contributed by atoms with Crippen LogP contribution < -0.4 is 5.32 Å². The van der Waals surface area contributed by atoms with Crippen molar-refractivity contribution in [3.63, 3.8) is 0 Å². The lowest BCUT2D eigenvalue weighted by atomic mass is 9.95. The molecule has 3 rings (SSSR count). The molecule has 1 N–H and O–H groups in total. The van der Waals surface area contributed by atoms with Crippen LogP contribution in [0.2, 0.25) is 5.15 Å². The van der Waals surface area contributed by atoms with Gasteiger partial charge in [0, 0.05) is 17.8 Å². The molecule has 1 heterocycles. The SMILES string of the molecule is O=C(O[C@H](C(=O)NC1CCCCC1)c1ccccc1)c1ccc(Cl)nc1. The molecule has 1 amide bonds. The number of benzene rings is 1. The van der Waals surface area contributed by atoms with E-state index in [1.54, 1.807) is 12.1 Å². The summed E-state index contributed by atoms with van der Waals surface area (Å²) in [7, 11) is 0. The number of esters is 1.